The van der Waals surface area contributed by atoms with Crippen molar-refractivity contribution in [3.8, 4) is 17.6 Å². The number of aromatic nitrogens is 7. The van der Waals surface area contributed by atoms with Gasteiger partial charge in [-0.05, 0) is 105 Å². The number of aromatic carboxylic acids is 1. The van der Waals surface area contributed by atoms with E-state index in [-0.39, 0.29) is 87.8 Å². The smallest absolute Gasteiger partial charge is 0.410 e. The highest BCUT2D eigenvalue weighted by Crippen LogP contribution is 2.40. The molecule has 0 bridgehead atoms. The van der Waals surface area contributed by atoms with E-state index in [1.165, 1.54) is 39.7 Å². The number of hydrogen-bond acceptors (Lipinski definition) is 29. The lowest BCUT2D eigenvalue weighted by atomic mass is 10.0. The van der Waals surface area contributed by atoms with Crippen molar-refractivity contribution in [1.82, 2.24) is 60.9 Å². The molecule has 666 valence electrons. The van der Waals surface area contributed by atoms with E-state index in [0.717, 1.165) is 56.8 Å². The van der Waals surface area contributed by atoms with E-state index >= 15 is 4.39 Å². The number of anilines is 5. The summed E-state index contributed by atoms with van der Waals surface area (Å²) in [6.07, 6.45) is 5.49. The second-order valence-corrected chi connectivity index (χ2v) is 31.6. The molecule has 2 atom stereocenters. The number of hydrogen-bond donors (Lipinski definition) is 7. The molecule has 6 heterocycles. The zero-order valence-electron chi connectivity index (χ0n) is 70.5. The number of fused-ring (bicyclic) bond motifs is 2. The highest BCUT2D eigenvalue weighted by molar-refractivity contribution is 7.22. The van der Waals surface area contributed by atoms with Gasteiger partial charge < -0.3 is 104 Å². The summed E-state index contributed by atoms with van der Waals surface area (Å²) in [5.41, 5.74) is 10.4. The number of aryl methyl sites for hydroxylation is 1. The van der Waals surface area contributed by atoms with E-state index in [2.05, 4.69) is 68.9 Å². The molecule has 0 saturated carbocycles. The summed E-state index contributed by atoms with van der Waals surface area (Å²) in [6, 6.07) is 14.4. The number of primary amides is 1. The summed E-state index contributed by atoms with van der Waals surface area (Å²) in [6.45, 7) is 13.2. The largest absolute Gasteiger partial charge is 0.491 e. The molecule has 37 nitrogen and oxygen atoms in total. The number of amides is 8. The Bertz CT molecular complexity index is 4680. The van der Waals surface area contributed by atoms with E-state index in [0.29, 0.717) is 181 Å². The Balaban J connectivity index is 0.773. The SMILES string of the molecule is COCCOCCOCCOCCOCCOCCOCCOCCn1cc(COC(=O)N(C)Cc2cc(NC(=O)[C@H](CCCNC(N)=O)NC(=O)[C@@H](NC(=O)CCOCCN3C(=O)C=CC3=O)C(C)C)ccc2C[N+](C)(C)CC#Cc2ccc(OCCCc3sc(N4CCCc5c4nnc(Nc4nc6ccccc6s4)c5C)nc3C(=O)O)c(F)c2)nn1. The maximum atomic E-state index is 15.8. The lowest BCUT2D eigenvalue weighted by molar-refractivity contribution is -0.896. The number of nitrogens with zero attached hydrogens (tertiary/aromatic N) is 11. The molecular weight excluding hydrogens is 1640 g/mol. The summed E-state index contributed by atoms with van der Waals surface area (Å²) in [4.78, 5) is 118. The molecule has 8 amide bonds. The maximum absolute atomic E-state index is 15.8. The van der Waals surface area contributed by atoms with Crippen molar-refractivity contribution < 1.29 is 104 Å². The summed E-state index contributed by atoms with van der Waals surface area (Å²) in [7, 11) is 7.06. The Morgan fingerprint density at radius 3 is 2.07 bits per heavy atom. The molecule has 8 N–H and O–H groups in total. The Hall–Kier alpha value is -10.8. The molecule has 0 spiro atoms. The van der Waals surface area contributed by atoms with E-state index in [9.17, 15) is 43.5 Å². The number of ether oxygens (including phenoxy) is 11. The van der Waals surface area contributed by atoms with Crippen molar-refractivity contribution in [2.45, 2.75) is 104 Å². The quantitative estimate of drug-likeness (QED) is 0.00910. The second kappa shape index (κ2) is 50.7. The van der Waals surface area contributed by atoms with E-state index in [4.69, 9.17) is 57.8 Å². The predicted molar refractivity (Wildman–Crippen MR) is 453 cm³/mol. The molecular formula is C83H111FN17O20S2+. The number of urea groups is 1. The van der Waals surface area contributed by atoms with Gasteiger partial charge in [0.2, 0.25) is 17.7 Å². The van der Waals surface area contributed by atoms with Crippen LogP contribution in [0.1, 0.15) is 94.8 Å². The van der Waals surface area contributed by atoms with Gasteiger partial charge in [0.15, 0.2) is 39.2 Å². The van der Waals surface area contributed by atoms with Gasteiger partial charge in [0, 0.05) is 85.2 Å². The number of thiazole rings is 2. The highest BCUT2D eigenvalue weighted by atomic mass is 32.1. The molecule has 2 aliphatic rings. The number of halogens is 1. The number of quaternary nitrogens is 1. The van der Waals surface area contributed by atoms with Gasteiger partial charge in [0.1, 0.15) is 37.5 Å². The van der Waals surface area contributed by atoms with Gasteiger partial charge in [-0.15, -0.1) is 26.6 Å². The minimum Gasteiger partial charge on any atom is -0.491 e. The Morgan fingerprint density at radius 1 is 0.748 bits per heavy atom. The molecule has 4 aromatic heterocycles. The molecule has 9 rings (SSSR count). The molecule has 2 aliphatic heterocycles. The summed E-state index contributed by atoms with van der Waals surface area (Å²) < 4.78 is 79.5. The third kappa shape index (κ3) is 32.1. The number of carbonyl (C=O) groups is 8. The van der Waals surface area contributed by atoms with Crippen LogP contribution in [-0.2, 0) is 110 Å². The highest BCUT2D eigenvalue weighted by Gasteiger charge is 2.32. The topological polar surface area (TPSA) is 436 Å². The minimum atomic E-state index is -1.21. The van der Waals surface area contributed by atoms with E-state index < -0.39 is 71.4 Å². The van der Waals surface area contributed by atoms with Crippen molar-refractivity contribution in [3.05, 3.63) is 129 Å². The number of nitrogens with one attached hydrogen (secondary N) is 5. The fourth-order valence-electron chi connectivity index (χ4n) is 12.6. The first kappa shape index (κ1) is 96.0. The monoisotopic (exact) mass is 1750 g/mol. The van der Waals surface area contributed by atoms with Crippen LogP contribution in [0.3, 0.4) is 0 Å². The molecule has 123 heavy (non-hydrogen) atoms. The van der Waals surface area contributed by atoms with Crippen LogP contribution in [0.5, 0.6) is 5.75 Å². The number of benzene rings is 3. The van der Waals surface area contributed by atoms with Crippen LogP contribution in [0.25, 0.3) is 10.2 Å². The van der Waals surface area contributed by atoms with Gasteiger partial charge >= 0.3 is 18.1 Å². The Labute approximate surface area is 721 Å². The van der Waals surface area contributed by atoms with Crippen LogP contribution in [0.2, 0.25) is 0 Å². The Morgan fingerprint density at radius 2 is 1.41 bits per heavy atom. The third-order valence-electron chi connectivity index (χ3n) is 19.1. The molecule has 0 radical (unpaired) electrons. The predicted octanol–water partition coefficient (Wildman–Crippen LogP) is 6.62. The first-order chi connectivity index (χ1) is 59.4. The number of carboxylic acids is 1. The fourth-order valence-corrected chi connectivity index (χ4v) is 14.6. The maximum Gasteiger partial charge on any atom is 0.410 e. The molecule has 40 heteroatoms. The van der Waals surface area contributed by atoms with Crippen molar-refractivity contribution in [3.63, 3.8) is 0 Å². The van der Waals surface area contributed by atoms with Gasteiger partial charge in [-0.2, -0.15) is 0 Å². The molecule has 3 aromatic carbocycles. The molecule has 0 saturated heterocycles. The first-order valence-corrected chi connectivity index (χ1v) is 42.2. The second-order valence-electron chi connectivity index (χ2n) is 29.5. The standard InChI is InChI=1S/C83H110FN17O20S2/c1-56(2)73(90-70(102)26-33-112-35-30-99-71(103)24-25-72(99)104)78(106)88-66(17-10-27-86-80(85)109)77(105)87-61-22-21-59(60(51-61)52-97(4)83(110)121-55-62-53-98(96-93-62)29-34-113-38-39-115-42-43-117-46-47-119-49-48-118-45-44-116-41-40-114-37-36-111-7)54-101(5,6)31-12-14-58-20-23-67(64(84)50-58)120-32-13-19-69-74(79(107)108)91-82(123-69)100-28-11-15-63-57(3)75(94-95-76(63)100)92-81-89-65-16-8-9-18-68(65)122-81/h8-9,16,18,20-25,50-51,53,56,66,73H,10-11,13,15,17,19,26-49,52,54-55H2,1-7H3,(H7-,85,86,87,88,89,90,92,94,102,105,106,107,108,109)/p+1/t66-,73-/m0/s1. The fraction of sp³-hybridized carbons (Fsp3) is 0.518. The number of nitrogens with two attached hydrogens (primary N) is 1. The van der Waals surface area contributed by atoms with Crippen molar-refractivity contribution in [2.75, 3.05) is 189 Å². The number of carboxylic acid groups (broad SMARTS) is 1. The van der Waals surface area contributed by atoms with Gasteiger partial charge in [0.25, 0.3) is 11.8 Å². The lowest BCUT2D eigenvalue weighted by Gasteiger charge is -2.29. The normalized spacial score (nSPS) is 13.1. The number of carbonyl (C=O) groups excluding carboxylic acids is 7. The average Bonchev–Trinajstić information content (AvgIpc) is 1.72. The minimum absolute atomic E-state index is 0.00400. The van der Waals surface area contributed by atoms with Crippen LogP contribution in [0, 0.1) is 30.5 Å². The van der Waals surface area contributed by atoms with E-state index in [1.54, 1.807) is 63.1 Å². The van der Waals surface area contributed by atoms with Gasteiger partial charge in [0.05, 0.1) is 163 Å². The van der Waals surface area contributed by atoms with Gasteiger partial charge in [-0.25, -0.2) is 33.4 Å². The Kier molecular flexibility index (Phi) is 39.6. The van der Waals surface area contributed by atoms with Crippen LogP contribution in [-0.4, -0.2) is 288 Å². The van der Waals surface area contributed by atoms with Crippen molar-refractivity contribution >= 4 is 108 Å². The molecule has 7 aromatic rings. The zero-order valence-corrected chi connectivity index (χ0v) is 72.1. The van der Waals surface area contributed by atoms with Crippen LogP contribution in [0.15, 0.2) is 79.0 Å². The number of para-hydroxylation sites is 1. The van der Waals surface area contributed by atoms with Crippen molar-refractivity contribution in [2.24, 2.45) is 11.7 Å². The number of rotatable bonds is 56. The molecule has 0 unspecified atom stereocenters. The zero-order chi connectivity index (χ0) is 87.9. The van der Waals surface area contributed by atoms with Crippen molar-refractivity contribution in [1.29, 1.82) is 0 Å². The summed E-state index contributed by atoms with van der Waals surface area (Å²) in [5.74, 6) is 2.43. The van der Waals surface area contributed by atoms with Gasteiger partial charge in [-0.3, -0.25) is 28.9 Å². The average molecular weight is 1750 g/mol. The van der Waals surface area contributed by atoms with Crippen LogP contribution < -0.4 is 42.0 Å². The third-order valence-corrected chi connectivity index (χ3v) is 21.1. The summed E-state index contributed by atoms with van der Waals surface area (Å²) in [5, 5.41) is 43.2. The summed E-state index contributed by atoms with van der Waals surface area (Å²) >= 11 is 2.78. The van der Waals surface area contributed by atoms with Crippen LogP contribution >= 0.6 is 22.7 Å². The number of imide groups is 1. The number of methoxy groups -OCH3 is 1. The molecule has 0 aliphatic carbocycles. The molecule has 0 fully saturated rings. The first-order valence-electron chi connectivity index (χ1n) is 40.6. The van der Waals surface area contributed by atoms with Crippen LogP contribution in [0.4, 0.5) is 41.6 Å². The van der Waals surface area contributed by atoms with Gasteiger partial charge in [-0.1, -0.05) is 54.5 Å². The van der Waals surface area contributed by atoms with E-state index in [1.807, 2.05) is 50.2 Å². The lowest BCUT2D eigenvalue weighted by Crippen LogP contribution is -2.54.